The first-order valence-electron chi connectivity index (χ1n) is 8.30. The fourth-order valence-electron chi connectivity index (χ4n) is 2.65. The number of aliphatic hydroxyl groups is 1. The highest BCUT2D eigenvalue weighted by atomic mass is 16.5. The average Bonchev–Trinajstić information content (AvgIpc) is 2.92. The van der Waals surface area contributed by atoms with Gasteiger partial charge in [0.05, 0.1) is 13.2 Å². The van der Waals surface area contributed by atoms with E-state index < -0.39 is 5.60 Å². The number of hydrogen-bond donors (Lipinski definition) is 3. The molecule has 7 heteroatoms. The Morgan fingerprint density at radius 2 is 2.17 bits per heavy atom. The molecule has 0 bridgehead atoms. The summed E-state index contributed by atoms with van der Waals surface area (Å²) in [6, 6.07) is 10.1. The fourth-order valence-corrected chi connectivity index (χ4v) is 2.65. The third kappa shape index (κ3) is 5.10. The Bertz CT molecular complexity index is 609. The van der Waals surface area contributed by atoms with Crippen LogP contribution in [0.15, 0.2) is 34.9 Å². The third-order valence-corrected chi connectivity index (χ3v) is 3.93. The molecule has 0 radical (unpaired) electrons. The van der Waals surface area contributed by atoms with Crippen molar-refractivity contribution in [2.75, 3.05) is 39.4 Å². The highest BCUT2D eigenvalue weighted by molar-refractivity contribution is 5.18. The number of hydrogen-bond acceptors (Lipinski definition) is 7. The molecule has 1 aromatic carbocycles. The van der Waals surface area contributed by atoms with Gasteiger partial charge < -0.3 is 25.0 Å². The van der Waals surface area contributed by atoms with Crippen LogP contribution in [-0.2, 0) is 17.6 Å². The van der Waals surface area contributed by atoms with Crippen LogP contribution in [0.5, 0.6) is 0 Å². The van der Waals surface area contributed by atoms with E-state index in [0.29, 0.717) is 57.4 Å². The number of nitrogens with one attached hydrogen (secondary N) is 2. The number of rotatable bonds is 7. The third-order valence-electron chi connectivity index (χ3n) is 3.93. The quantitative estimate of drug-likeness (QED) is 0.621. The average molecular weight is 332 g/mol. The molecular weight excluding hydrogens is 308 g/mol. The van der Waals surface area contributed by atoms with Crippen molar-refractivity contribution in [1.29, 1.82) is 0 Å². The zero-order chi connectivity index (χ0) is 16.7. The van der Waals surface area contributed by atoms with Gasteiger partial charge in [-0.25, -0.2) is 0 Å². The van der Waals surface area contributed by atoms with E-state index in [-0.39, 0.29) is 0 Å². The van der Waals surface area contributed by atoms with Crippen molar-refractivity contribution in [3.8, 4) is 0 Å². The molecule has 3 N–H and O–H groups in total. The summed E-state index contributed by atoms with van der Waals surface area (Å²) in [5, 5.41) is 20.8. The molecule has 0 amide bonds. The lowest BCUT2D eigenvalue weighted by atomic mass is 10.1. The summed E-state index contributed by atoms with van der Waals surface area (Å²) in [5.41, 5.74) is 0.287. The summed E-state index contributed by atoms with van der Waals surface area (Å²) < 4.78 is 10.7. The van der Waals surface area contributed by atoms with Gasteiger partial charge in [-0.3, -0.25) is 0 Å². The molecule has 1 saturated heterocycles. The molecule has 1 atom stereocenters. The van der Waals surface area contributed by atoms with Crippen LogP contribution in [0.1, 0.15) is 17.3 Å². The first kappa shape index (κ1) is 17.0. The largest absolute Gasteiger partial charge is 0.385 e. The Kier molecular flexibility index (Phi) is 5.92. The first-order chi connectivity index (χ1) is 11.7. The van der Waals surface area contributed by atoms with Crippen LogP contribution >= 0.6 is 0 Å². The summed E-state index contributed by atoms with van der Waals surface area (Å²) in [4.78, 5) is 4.40. The summed E-state index contributed by atoms with van der Waals surface area (Å²) >= 11 is 0. The maximum Gasteiger partial charge on any atom is 0.227 e. The second-order valence-electron chi connectivity index (χ2n) is 6.15. The van der Waals surface area contributed by atoms with Crippen molar-refractivity contribution >= 4 is 0 Å². The molecule has 1 aromatic heterocycles. The van der Waals surface area contributed by atoms with Gasteiger partial charge >= 0.3 is 0 Å². The minimum atomic E-state index is -0.871. The fraction of sp³-hybridized carbons (Fsp3) is 0.529. The van der Waals surface area contributed by atoms with Crippen molar-refractivity contribution in [2.45, 2.75) is 18.4 Å². The molecule has 24 heavy (non-hydrogen) atoms. The molecule has 3 rings (SSSR count). The Morgan fingerprint density at radius 1 is 1.29 bits per heavy atom. The number of nitrogens with zero attached hydrogens (tertiary/aromatic N) is 2. The lowest BCUT2D eigenvalue weighted by Gasteiger charge is -2.25. The van der Waals surface area contributed by atoms with E-state index in [1.807, 2.05) is 30.3 Å². The molecule has 2 heterocycles. The van der Waals surface area contributed by atoms with E-state index in [1.165, 1.54) is 0 Å². The van der Waals surface area contributed by atoms with Gasteiger partial charge in [0.1, 0.15) is 5.60 Å². The topological polar surface area (TPSA) is 92.4 Å². The van der Waals surface area contributed by atoms with Crippen molar-refractivity contribution in [3.05, 3.63) is 47.6 Å². The number of ether oxygens (including phenoxy) is 1. The zero-order valence-electron chi connectivity index (χ0n) is 13.7. The summed E-state index contributed by atoms with van der Waals surface area (Å²) in [6.07, 6.45) is 1.30. The van der Waals surface area contributed by atoms with Crippen LogP contribution in [0.4, 0.5) is 0 Å². The minimum Gasteiger partial charge on any atom is -0.385 e. The van der Waals surface area contributed by atoms with Crippen LogP contribution in [0.25, 0.3) is 0 Å². The maximum atomic E-state index is 10.4. The SMILES string of the molecule is O[C@]1(CNCCc2nc(Cc3ccccc3)no2)CNCCOC1. The second kappa shape index (κ2) is 8.34. The van der Waals surface area contributed by atoms with Gasteiger partial charge in [-0.05, 0) is 5.56 Å². The molecule has 1 aliphatic rings. The van der Waals surface area contributed by atoms with Crippen molar-refractivity contribution in [1.82, 2.24) is 20.8 Å². The molecular formula is C17H24N4O3. The maximum absolute atomic E-state index is 10.4. The van der Waals surface area contributed by atoms with Crippen molar-refractivity contribution < 1.29 is 14.4 Å². The summed E-state index contributed by atoms with van der Waals surface area (Å²) in [5.74, 6) is 1.30. The molecule has 2 aromatic rings. The standard InChI is InChI=1S/C17H24N4O3/c22-17(12-19-8-9-23-13-17)11-18-7-6-16-20-15(21-24-16)10-14-4-2-1-3-5-14/h1-5,18-19,22H,6-13H2/t17-/m1/s1. The van der Waals surface area contributed by atoms with Gasteiger partial charge in [-0.15, -0.1) is 0 Å². The van der Waals surface area contributed by atoms with Crippen LogP contribution in [0, 0.1) is 0 Å². The smallest absolute Gasteiger partial charge is 0.227 e. The number of benzene rings is 1. The van der Waals surface area contributed by atoms with Gasteiger partial charge in [0.15, 0.2) is 5.82 Å². The summed E-state index contributed by atoms with van der Waals surface area (Å²) in [7, 11) is 0. The van der Waals surface area contributed by atoms with Gasteiger partial charge in [-0.1, -0.05) is 35.5 Å². The monoisotopic (exact) mass is 332 g/mol. The van der Waals surface area contributed by atoms with Crippen LogP contribution in [0.2, 0.25) is 0 Å². The predicted molar refractivity (Wildman–Crippen MR) is 88.8 cm³/mol. The number of β-amino-alcohol motifs (C(OH)–C–C–N with tert-alkyl or cyclic N) is 1. The Morgan fingerprint density at radius 3 is 3.04 bits per heavy atom. The van der Waals surface area contributed by atoms with E-state index in [2.05, 4.69) is 20.8 Å². The second-order valence-corrected chi connectivity index (χ2v) is 6.15. The molecule has 1 aliphatic heterocycles. The van der Waals surface area contributed by atoms with E-state index in [4.69, 9.17) is 9.26 Å². The van der Waals surface area contributed by atoms with Gasteiger partial charge in [0.25, 0.3) is 0 Å². The van der Waals surface area contributed by atoms with Crippen molar-refractivity contribution in [3.63, 3.8) is 0 Å². The predicted octanol–water partition coefficient (Wildman–Crippen LogP) is 0.143. The van der Waals surface area contributed by atoms with Crippen LogP contribution < -0.4 is 10.6 Å². The molecule has 0 spiro atoms. The molecule has 1 fully saturated rings. The Balaban J connectivity index is 1.41. The highest BCUT2D eigenvalue weighted by Gasteiger charge is 2.28. The molecule has 0 aliphatic carbocycles. The van der Waals surface area contributed by atoms with Gasteiger partial charge in [0, 0.05) is 39.0 Å². The van der Waals surface area contributed by atoms with Crippen LogP contribution in [0.3, 0.4) is 0 Å². The van der Waals surface area contributed by atoms with E-state index in [9.17, 15) is 5.11 Å². The Labute approximate surface area is 141 Å². The first-order valence-corrected chi connectivity index (χ1v) is 8.30. The number of aromatic nitrogens is 2. The zero-order valence-corrected chi connectivity index (χ0v) is 13.7. The van der Waals surface area contributed by atoms with E-state index in [0.717, 1.165) is 12.1 Å². The van der Waals surface area contributed by atoms with E-state index in [1.54, 1.807) is 0 Å². The van der Waals surface area contributed by atoms with Crippen LogP contribution in [-0.4, -0.2) is 60.2 Å². The van der Waals surface area contributed by atoms with Crippen molar-refractivity contribution in [2.24, 2.45) is 0 Å². The normalized spacial score (nSPS) is 21.5. The molecule has 0 unspecified atom stereocenters. The Hall–Kier alpha value is -1.80. The minimum absolute atomic E-state index is 0.342. The van der Waals surface area contributed by atoms with Gasteiger partial charge in [-0.2, -0.15) is 4.98 Å². The molecule has 0 saturated carbocycles. The lowest BCUT2D eigenvalue weighted by Crippen LogP contribution is -2.50. The molecule has 130 valence electrons. The highest BCUT2D eigenvalue weighted by Crippen LogP contribution is 2.08. The summed E-state index contributed by atoms with van der Waals surface area (Å²) in [6.45, 7) is 3.40. The van der Waals surface area contributed by atoms with Gasteiger partial charge in [0.2, 0.25) is 5.89 Å². The van der Waals surface area contributed by atoms with E-state index >= 15 is 0 Å². The lowest BCUT2D eigenvalue weighted by molar-refractivity contribution is -0.0261. The molecule has 7 nitrogen and oxygen atoms in total.